The summed E-state index contributed by atoms with van der Waals surface area (Å²) in [5.41, 5.74) is 5.63. The summed E-state index contributed by atoms with van der Waals surface area (Å²) in [4.78, 5) is 23.5. The Bertz CT molecular complexity index is 758. The Balaban J connectivity index is 1.89. The molecule has 0 unspecified atom stereocenters. The van der Waals surface area contributed by atoms with Gasteiger partial charge in [0.25, 0.3) is 11.8 Å². The number of halogens is 3. The Morgan fingerprint density at radius 3 is 2.22 bits per heavy atom. The van der Waals surface area contributed by atoms with Crippen LogP contribution in [0.15, 0.2) is 48.5 Å². The van der Waals surface area contributed by atoms with Gasteiger partial charge in [0.1, 0.15) is 0 Å². The Kier molecular flexibility index (Phi) is 6.04. The molecule has 0 atom stereocenters. The fourth-order valence-electron chi connectivity index (χ4n) is 1.62. The molecule has 0 saturated carbocycles. The third kappa shape index (κ3) is 5.28. The number of benzene rings is 2. The van der Waals surface area contributed by atoms with Crippen molar-refractivity contribution in [3.05, 3.63) is 74.7 Å². The minimum atomic E-state index is -0.503. The van der Waals surface area contributed by atoms with Crippen LogP contribution in [0.25, 0.3) is 6.08 Å². The lowest BCUT2D eigenvalue weighted by Crippen LogP contribution is -2.40. The molecule has 7 heteroatoms. The zero-order valence-corrected chi connectivity index (χ0v) is 13.9. The number of amides is 2. The molecule has 2 aromatic carbocycles. The van der Waals surface area contributed by atoms with Crippen LogP contribution in [0.4, 0.5) is 0 Å². The quantitative estimate of drug-likeness (QED) is 0.631. The van der Waals surface area contributed by atoms with Gasteiger partial charge in [-0.2, -0.15) is 0 Å². The summed E-state index contributed by atoms with van der Waals surface area (Å²) in [5.74, 6) is -0.981. The van der Waals surface area contributed by atoms with Gasteiger partial charge in [0.05, 0.1) is 10.0 Å². The molecular formula is C16H11Cl3N2O2. The van der Waals surface area contributed by atoms with E-state index in [0.29, 0.717) is 10.0 Å². The molecule has 0 heterocycles. The summed E-state index contributed by atoms with van der Waals surface area (Å²) in [6.45, 7) is 0. The Hall–Kier alpha value is -2.01. The minimum absolute atomic E-state index is 0.258. The second kappa shape index (κ2) is 8.02. The van der Waals surface area contributed by atoms with E-state index >= 15 is 0 Å². The highest BCUT2D eigenvalue weighted by atomic mass is 35.5. The van der Waals surface area contributed by atoms with Gasteiger partial charge in [-0.25, -0.2) is 0 Å². The molecular weight excluding hydrogens is 359 g/mol. The summed E-state index contributed by atoms with van der Waals surface area (Å²) in [7, 11) is 0. The van der Waals surface area contributed by atoms with Crippen LogP contribution in [0.2, 0.25) is 15.1 Å². The first-order valence-electron chi connectivity index (χ1n) is 6.45. The van der Waals surface area contributed by atoms with Crippen molar-refractivity contribution in [2.24, 2.45) is 0 Å². The van der Waals surface area contributed by atoms with Gasteiger partial charge in [-0.1, -0.05) is 46.9 Å². The zero-order chi connectivity index (χ0) is 16.8. The van der Waals surface area contributed by atoms with E-state index in [1.165, 1.54) is 24.3 Å². The summed E-state index contributed by atoms with van der Waals surface area (Å²) in [6.07, 6.45) is 2.88. The van der Waals surface area contributed by atoms with E-state index in [0.717, 1.165) is 5.56 Å². The van der Waals surface area contributed by atoms with Gasteiger partial charge in [-0.3, -0.25) is 20.4 Å². The normalized spacial score (nSPS) is 10.6. The van der Waals surface area contributed by atoms with Crippen molar-refractivity contribution < 1.29 is 9.59 Å². The van der Waals surface area contributed by atoms with Crippen LogP contribution in [0.5, 0.6) is 0 Å². The lowest BCUT2D eigenvalue weighted by atomic mass is 10.2. The van der Waals surface area contributed by atoms with Crippen molar-refractivity contribution >= 4 is 52.7 Å². The molecule has 118 valence electrons. The van der Waals surface area contributed by atoms with Gasteiger partial charge in [0.2, 0.25) is 0 Å². The molecule has 0 bridgehead atoms. The van der Waals surface area contributed by atoms with Crippen LogP contribution in [0.1, 0.15) is 15.9 Å². The Labute approximate surface area is 148 Å². The van der Waals surface area contributed by atoms with Gasteiger partial charge in [0.15, 0.2) is 0 Å². The molecule has 2 amide bonds. The summed E-state index contributed by atoms with van der Waals surface area (Å²) in [6, 6.07) is 11.4. The number of hydrogen-bond donors (Lipinski definition) is 2. The van der Waals surface area contributed by atoms with Crippen molar-refractivity contribution in [1.82, 2.24) is 10.9 Å². The number of nitrogens with one attached hydrogen (secondary N) is 2. The van der Waals surface area contributed by atoms with E-state index < -0.39 is 11.8 Å². The van der Waals surface area contributed by atoms with E-state index in [9.17, 15) is 9.59 Å². The maximum absolute atomic E-state index is 11.9. The van der Waals surface area contributed by atoms with Crippen molar-refractivity contribution in [1.29, 1.82) is 0 Å². The van der Waals surface area contributed by atoms with Crippen molar-refractivity contribution in [2.75, 3.05) is 0 Å². The van der Waals surface area contributed by atoms with E-state index in [1.54, 1.807) is 30.3 Å². The molecule has 0 aliphatic rings. The van der Waals surface area contributed by atoms with Crippen molar-refractivity contribution in [2.45, 2.75) is 0 Å². The zero-order valence-electron chi connectivity index (χ0n) is 11.6. The molecule has 0 aliphatic heterocycles. The summed E-state index contributed by atoms with van der Waals surface area (Å²) >= 11 is 17.4. The largest absolute Gasteiger partial charge is 0.269 e. The van der Waals surface area contributed by atoms with E-state index in [2.05, 4.69) is 10.9 Å². The molecule has 0 aliphatic carbocycles. The molecule has 2 aromatic rings. The van der Waals surface area contributed by atoms with Gasteiger partial charge in [0, 0.05) is 16.7 Å². The molecule has 0 saturated heterocycles. The Morgan fingerprint density at radius 2 is 1.57 bits per heavy atom. The smallest absolute Gasteiger partial charge is 0.268 e. The average Bonchev–Trinajstić information content (AvgIpc) is 2.54. The molecule has 0 spiro atoms. The van der Waals surface area contributed by atoms with Gasteiger partial charge in [-0.15, -0.1) is 0 Å². The summed E-state index contributed by atoms with van der Waals surface area (Å²) < 4.78 is 0. The third-order valence-corrected chi connectivity index (χ3v) is 3.77. The number of carbonyl (C=O) groups excluding carboxylic acids is 2. The van der Waals surface area contributed by atoms with Gasteiger partial charge >= 0.3 is 0 Å². The highest BCUT2D eigenvalue weighted by Gasteiger charge is 2.08. The monoisotopic (exact) mass is 368 g/mol. The number of hydrazine groups is 1. The lowest BCUT2D eigenvalue weighted by molar-refractivity contribution is -0.117. The van der Waals surface area contributed by atoms with Crippen LogP contribution in [0, 0.1) is 0 Å². The first kappa shape index (κ1) is 17.3. The number of hydrogen-bond acceptors (Lipinski definition) is 2. The maximum atomic E-state index is 11.9. The fourth-order valence-corrected chi connectivity index (χ4v) is 2.04. The second-order valence-electron chi connectivity index (χ2n) is 4.46. The van der Waals surface area contributed by atoms with Gasteiger partial charge in [-0.05, 0) is 42.0 Å². The van der Waals surface area contributed by atoms with Crippen LogP contribution in [-0.4, -0.2) is 11.8 Å². The SMILES string of the molecule is O=C(/C=C/c1ccc(Cl)cc1)NNC(=O)c1ccc(Cl)c(Cl)c1. The fraction of sp³-hybridized carbons (Fsp3) is 0. The number of carbonyl (C=O) groups is 2. The molecule has 23 heavy (non-hydrogen) atoms. The van der Waals surface area contributed by atoms with E-state index in [1.807, 2.05) is 0 Å². The average molecular weight is 370 g/mol. The second-order valence-corrected chi connectivity index (χ2v) is 5.71. The lowest BCUT2D eigenvalue weighted by Gasteiger charge is -2.06. The molecule has 4 nitrogen and oxygen atoms in total. The first-order chi connectivity index (χ1) is 11.0. The maximum Gasteiger partial charge on any atom is 0.269 e. The minimum Gasteiger partial charge on any atom is -0.268 e. The highest BCUT2D eigenvalue weighted by Crippen LogP contribution is 2.22. The predicted octanol–water partition coefficient (Wildman–Crippen LogP) is 4.12. The van der Waals surface area contributed by atoms with Crippen LogP contribution >= 0.6 is 34.8 Å². The van der Waals surface area contributed by atoms with Crippen molar-refractivity contribution in [3.63, 3.8) is 0 Å². The first-order valence-corrected chi connectivity index (χ1v) is 7.58. The van der Waals surface area contributed by atoms with E-state index in [4.69, 9.17) is 34.8 Å². The van der Waals surface area contributed by atoms with Crippen molar-refractivity contribution in [3.8, 4) is 0 Å². The molecule has 0 aromatic heterocycles. The van der Waals surface area contributed by atoms with Crippen LogP contribution in [0.3, 0.4) is 0 Å². The molecule has 0 fully saturated rings. The molecule has 0 radical (unpaired) electrons. The Morgan fingerprint density at radius 1 is 0.870 bits per heavy atom. The number of rotatable bonds is 3. The van der Waals surface area contributed by atoms with Gasteiger partial charge < -0.3 is 0 Å². The summed E-state index contributed by atoms with van der Waals surface area (Å²) in [5, 5.41) is 1.21. The molecule has 2 rings (SSSR count). The third-order valence-electron chi connectivity index (χ3n) is 2.78. The standard InChI is InChI=1S/C16H11Cl3N2O2/c17-12-5-1-10(2-6-12)3-8-15(22)20-21-16(23)11-4-7-13(18)14(19)9-11/h1-9H,(H,20,22)(H,21,23)/b8-3+. The van der Waals surface area contributed by atoms with E-state index in [-0.39, 0.29) is 10.6 Å². The van der Waals surface area contributed by atoms with Crippen LogP contribution < -0.4 is 10.9 Å². The van der Waals surface area contributed by atoms with Crippen LogP contribution in [-0.2, 0) is 4.79 Å². The topological polar surface area (TPSA) is 58.2 Å². The highest BCUT2D eigenvalue weighted by molar-refractivity contribution is 6.42. The predicted molar refractivity (Wildman–Crippen MR) is 92.6 cm³/mol. The molecule has 2 N–H and O–H groups in total.